The number of ether oxygens (including phenoxy) is 1. The number of nitrogens with zero attached hydrogens (tertiary/aromatic N) is 4. The average Bonchev–Trinajstić information content (AvgIpc) is 2.43. The molecule has 1 heterocycles. The van der Waals surface area contributed by atoms with E-state index < -0.39 is 0 Å². The van der Waals surface area contributed by atoms with Gasteiger partial charge in [0, 0.05) is 38.1 Å². The van der Waals surface area contributed by atoms with Crippen LogP contribution in [0.2, 0.25) is 0 Å². The van der Waals surface area contributed by atoms with Crippen LogP contribution >= 0.6 is 11.8 Å². The Labute approximate surface area is 137 Å². The van der Waals surface area contributed by atoms with E-state index in [1.54, 1.807) is 7.11 Å². The monoisotopic (exact) mass is 326 g/mol. The molecule has 0 atom stereocenters. The molecule has 0 fully saturated rings. The molecule has 0 aliphatic carbocycles. The number of hydrogen-bond acceptors (Lipinski definition) is 6. The van der Waals surface area contributed by atoms with Crippen LogP contribution in [0.5, 0.6) is 0 Å². The highest BCUT2D eigenvalue weighted by molar-refractivity contribution is 7.99. The molecule has 1 amide bonds. The molecule has 0 saturated heterocycles. The van der Waals surface area contributed by atoms with E-state index in [-0.39, 0.29) is 5.91 Å². The van der Waals surface area contributed by atoms with Crippen LogP contribution in [-0.4, -0.2) is 78.9 Å². The summed E-state index contributed by atoms with van der Waals surface area (Å²) in [7, 11) is 5.64. The van der Waals surface area contributed by atoms with Crippen molar-refractivity contribution in [3.63, 3.8) is 0 Å². The molecule has 0 aliphatic rings. The number of methoxy groups -OCH3 is 1. The van der Waals surface area contributed by atoms with Crippen LogP contribution in [0.1, 0.15) is 11.4 Å². The molecular weight excluding hydrogens is 300 g/mol. The predicted octanol–water partition coefficient (Wildman–Crippen LogP) is 1.22. The van der Waals surface area contributed by atoms with Crippen LogP contribution in [0.3, 0.4) is 0 Å². The van der Waals surface area contributed by atoms with Gasteiger partial charge in [-0.05, 0) is 34.0 Å². The van der Waals surface area contributed by atoms with Crippen LogP contribution in [0.4, 0.5) is 0 Å². The quantitative estimate of drug-likeness (QED) is 0.502. The molecular formula is C15H26N4O2S. The minimum Gasteiger partial charge on any atom is -0.383 e. The van der Waals surface area contributed by atoms with Crippen molar-refractivity contribution >= 4 is 17.7 Å². The van der Waals surface area contributed by atoms with E-state index in [1.165, 1.54) is 11.8 Å². The molecule has 0 aliphatic heterocycles. The zero-order valence-electron chi connectivity index (χ0n) is 14.1. The average molecular weight is 326 g/mol. The highest BCUT2D eigenvalue weighted by atomic mass is 32.2. The minimum absolute atomic E-state index is 0.0895. The Morgan fingerprint density at radius 2 is 1.82 bits per heavy atom. The summed E-state index contributed by atoms with van der Waals surface area (Å²) in [6.45, 7) is 6.55. The lowest BCUT2D eigenvalue weighted by Gasteiger charge is -2.24. The fraction of sp³-hybridized carbons (Fsp3) is 0.667. The Bertz CT molecular complexity index is 462. The molecule has 124 valence electrons. The smallest absolute Gasteiger partial charge is 0.233 e. The van der Waals surface area contributed by atoms with E-state index in [9.17, 15) is 4.79 Å². The maximum Gasteiger partial charge on any atom is 0.233 e. The van der Waals surface area contributed by atoms with Gasteiger partial charge in [0.05, 0.1) is 12.4 Å². The van der Waals surface area contributed by atoms with Crippen molar-refractivity contribution in [3.05, 3.63) is 17.5 Å². The molecule has 0 unspecified atom stereocenters. The lowest BCUT2D eigenvalue weighted by molar-refractivity contribution is -0.129. The number of hydrogen-bond donors (Lipinski definition) is 0. The van der Waals surface area contributed by atoms with Gasteiger partial charge in [-0.3, -0.25) is 4.79 Å². The number of amides is 1. The van der Waals surface area contributed by atoms with Crippen molar-refractivity contribution in [1.29, 1.82) is 0 Å². The number of carbonyl (C=O) groups is 1. The van der Waals surface area contributed by atoms with E-state index >= 15 is 0 Å². The molecule has 0 bridgehead atoms. The standard InChI is InChI=1S/C15H26N4O2S/c1-12-10-13(2)17-15(16-12)22-11-14(20)19(8-9-21-5)7-6-18(3)4/h10H,6-9,11H2,1-5H3. The van der Waals surface area contributed by atoms with Gasteiger partial charge in [-0.25, -0.2) is 9.97 Å². The summed E-state index contributed by atoms with van der Waals surface area (Å²) < 4.78 is 5.08. The summed E-state index contributed by atoms with van der Waals surface area (Å²) in [5, 5.41) is 0.658. The van der Waals surface area contributed by atoms with E-state index in [4.69, 9.17) is 4.74 Å². The van der Waals surface area contributed by atoms with Crippen LogP contribution in [-0.2, 0) is 9.53 Å². The van der Waals surface area contributed by atoms with E-state index in [0.29, 0.717) is 30.6 Å². The molecule has 1 aromatic heterocycles. The molecule has 0 radical (unpaired) electrons. The largest absolute Gasteiger partial charge is 0.383 e. The van der Waals surface area contributed by atoms with Gasteiger partial charge in [0.25, 0.3) is 0 Å². The summed E-state index contributed by atoms with van der Waals surface area (Å²) in [5.74, 6) is 0.437. The SMILES string of the molecule is COCCN(CCN(C)C)C(=O)CSc1nc(C)cc(C)n1. The third-order valence-corrected chi connectivity index (χ3v) is 3.85. The van der Waals surface area contributed by atoms with Crippen LogP contribution in [0, 0.1) is 13.8 Å². The third kappa shape index (κ3) is 7.20. The molecule has 1 rings (SSSR count). The number of carbonyl (C=O) groups excluding carboxylic acids is 1. The van der Waals surface area contributed by atoms with Gasteiger partial charge >= 0.3 is 0 Å². The summed E-state index contributed by atoms with van der Waals surface area (Å²) in [6, 6.07) is 1.92. The van der Waals surface area contributed by atoms with Gasteiger partial charge in [0.2, 0.25) is 5.91 Å². The maximum atomic E-state index is 12.4. The number of likely N-dealkylation sites (N-methyl/N-ethyl adjacent to an activating group) is 1. The minimum atomic E-state index is 0.0895. The normalized spacial score (nSPS) is 11.0. The second kappa shape index (κ2) is 9.76. The van der Waals surface area contributed by atoms with Crippen LogP contribution in [0.15, 0.2) is 11.2 Å². The Balaban J connectivity index is 2.57. The van der Waals surface area contributed by atoms with Gasteiger partial charge < -0.3 is 14.5 Å². The van der Waals surface area contributed by atoms with Crippen molar-refractivity contribution in [2.24, 2.45) is 0 Å². The maximum absolute atomic E-state index is 12.4. The first-order valence-electron chi connectivity index (χ1n) is 7.29. The first-order valence-corrected chi connectivity index (χ1v) is 8.27. The number of rotatable bonds is 9. The molecule has 22 heavy (non-hydrogen) atoms. The van der Waals surface area contributed by atoms with Crippen LogP contribution in [0.25, 0.3) is 0 Å². The number of thioether (sulfide) groups is 1. The molecule has 6 nitrogen and oxygen atoms in total. The highest BCUT2D eigenvalue weighted by Crippen LogP contribution is 2.14. The Hall–Kier alpha value is -1.18. The molecule has 1 aromatic rings. The summed E-state index contributed by atoms with van der Waals surface area (Å²) >= 11 is 1.39. The fourth-order valence-corrected chi connectivity index (χ4v) is 2.71. The molecule has 0 N–H and O–H groups in total. The van der Waals surface area contributed by atoms with E-state index in [2.05, 4.69) is 14.9 Å². The van der Waals surface area contributed by atoms with Gasteiger partial charge in [-0.1, -0.05) is 11.8 Å². The Kier molecular flexibility index (Phi) is 8.37. The molecule has 7 heteroatoms. The zero-order valence-corrected chi connectivity index (χ0v) is 14.9. The van der Waals surface area contributed by atoms with Crippen molar-refractivity contribution in [2.75, 3.05) is 53.2 Å². The summed E-state index contributed by atoms with van der Waals surface area (Å²) in [5.41, 5.74) is 1.84. The van der Waals surface area contributed by atoms with Gasteiger partial charge in [-0.15, -0.1) is 0 Å². The van der Waals surface area contributed by atoms with E-state index in [1.807, 2.05) is 38.9 Å². The first-order chi connectivity index (χ1) is 10.4. The lowest BCUT2D eigenvalue weighted by atomic mass is 10.4. The number of aromatic nitrogens is 2. The van der Waals surface area contributed by atoms with Crippen molar-refractivity contribution in [2.45, 2.75) is 19.0 Å². The summed E-state index contributed by atoms with van der Waals surface area (Å²) in [4.78, 5) is 25.0. The van der Waals surface area contributed by atoms with Crippen LogP contribution < -0.4 is 0 Å². The zero-order chi connectivity index (χ0) is 16.5. The van der Waals surface area contributed by atoms with Crippen molar-refractivity contribution < 1.29 is 9.53 Å². The first kappa shape index (κ1) is 18.9. The van der Waals surface area contributed by atoms with Crippen molar-refractivity contribution in [1.82, 2.24) is 19.8 Å². The topological polar surface area (TPSA) is 58.6 Å². The van der Waals surface area contributed by atoms with E-state index in [0.717, 1.165) is 17.9 Å². The second-order valence-corrected chi connectivity index (χ2v) is 6.34. The molecule has 0 saturated carbocycles. The Morgan fingerprint density at radius 3 is 2.36 bits per heavy atom. The Morgan fingerprint density at radius 1 is 1.18 bits per heavy atom. The lowest BCUT2D eigenvalue weighted by Crippen LogP contribution is -2.39. The van der Waals surface area contributed by atoms with Crippen molar-refractivity contribution in [3.8, 4) is 0 Å². The summed E-state index contributed by atoms with van der Waals surface area (Å²) in [6.07, 6.45) is 0. The number of aryl methyl sites for hydroxylation is 2. The third-order valence-electron chi connectivity index (χ3n) is 3.02. The van der Waals surface area contributed by atoms with Gasteiger partial charge in [-0.2, -0.15) is 0 Å². The second-order valence-electron chi connectivity index (χ2n) is 5.40. The van der Waals surface area contributed by atoms with Gasteiger partial charge in [0.15, 0.2) is 5.16 Å². The highest BCUT2D eigenvalue weighted by Gasteiger charge is 2.14. The molecule has 0 aromatic carbocycles. The molecule has 0 spiro atoms. The van der Waals surface area contributed by atoms with Gasteiger partial charge in [0.1, 0.15) is 0 Å². The predicted molar refractivity (Wildman–Crippen MR) is 89.2 cm³/mol. The fourth-order valence-electron chi connectivity index (χ4n) is 1.86.